The van der Waals surface area contributed by atoms with Gasteiger partial charge in [0.2, 0.25) is 5.91 Å². The predicted molar refractivity (Wildman–Crippen MR) is 67.0 cm³/mol. The SMILES string of the molecule is CCC(CC#N)NC(=O)Cc1cccc(N)c1. The third-order valence-electron chi connectivity index (χ3n) is 2.51. The van der Waals surface area contributed by atoms with Crippen molar-refractivity contribution in [3.05, 3.63) is 29.8 Å². The van der Waals surface area contributed by atoms with Crippen molar-refractivity contribution in [2.45, 2.75) is 32.2 Å². The van der Waals surface area contributed by atoms with E-state index >= 15 is 0 Å². The van der Waals surface area contributed by atoms with Crippen LogP contribution < -0.4 is 11.1 Å². The molecule has 4 heteroatoms. The van der Waals surface area contributed by atoms with Crippen molar-refractivity contribution >= 4 is 11.6 Å². The summed E-state index contributed by atoms with van der Waals surface area (Å²) >= 11 is 0. The van der Waals surface area contributed by atoms with Gasteiger partial charge in [-0.3, -0.25) is 4.79 Å². The second kappa shape index (κ2) is 6.54. The number of anilines is 1. The lowest BCUT2D eigenvalue weighted by Crippen LogP contribution is -2.35. The Morgan fingerprint density at radius 1 is 1.59 bits per heavy atom. The number of nitriles is 1. The molecule has 0 saturated heterocycles. The van der Waals surface area contributed by atoms with Crippen molar-refractivity contribution in [1.29, 1.82) is 5.26 Å². The Bertz CT molecular complexity index is 423. The van der Waals surface area contributed by atoms with Crippen molar-refractivity contribution in [2.75, 3.05) is 5.73 Å². The summed E-state index contributed by atoms with van der Waals surface area (Å²) in [7, 11) is 0. The molecule has 1 atom stereocenters. The lowest BCUT2D eigenvalue weighted by Gasteiger charge is -2.13. The van der Waals surface area contributed by atoms with Crippen LogP contribution >= 0.6 is 0 Å². The van der Waals surface area contributed by atoms with Crippen LogP contribution in [0.1, 0.15) is 25.3 Å². The van der Waals surface area contributed by atoms with Gasteiger partial charge in [0, 0.05) is 11.7 Å². The maximum atomic E-state index is 11.7. The number of carbonyl (C=O) groups excluding carboxylic acids is 1. The van der Waals surface area contributed by atoms with Crippen molar-refractivity contribution in [2.24, 2.45) is 0 Å². The summed E-state index contributed by atoms with van der Waals surface area (Å²) < 4.78 is 0. The first-order chi connectivity index (χ1) is 8.15. The van der Waals surface area contributed by atoms with Crippen molar-refractivity contribution < 1.29 is 4.79 Å². The monoisotopic (exact) mass is 231 g/mol. The van der Waals surface area contributed by atoms with E-state index in [4.69, 9.17) is 11.0 Å². The minimum Gasteiger partial charge on any atom is -0.399 e. The second-order valence-electron chi connectivity index (χ2n) is 3.96. The first-order valence-corrected chi connectivity index (χ1v) is 5.66. The lowest BCUT2D eigenvalue weighted by molar-refractivity contribution is -0.121. The molecule has 90 valence electrons. The maximum absolute atomic E-state index is 11.7. The van der Waals surface area contributed by atoms with E-state index in [9.17, 15) is 4.79 Å². The highest BCUT2D eigenvalue weighted by molar-refractivity contribution is 5.79. The standard InChI is InChI=1S/C13H17N3O/c1-2-12(6-7-14)16-13(17)9-10-4-3-5-11(15)8-10/h3-5,8,12H,2,6,9,15H2,1H3,(H,16,17). The first-order valence-electron chi connectivity index (χ1n) is 5.66. The zero-order valence-electron chi connectivity index (χ0n) is 9.94. The highest BCUT2D eigenvalue weighted by Crippen LogP contribution is 2.07. The van der Waals surface area contributed by atoms with Gasteiger partial charge in [-0.15, -0.1) is 0 Å². The molecule has 1 unspecified atom stereocenters. The van der Waals surface area contributed by atoms with Gasteiger partial charge in [-0.25, -0.2) is 0 Å². The van der Waals surface area contributed by atoms with E-state index in [0.717, 1.165) is 12.0 Å². The molecule has 0 aliphatic carbocycles. The molecule has 4 nitrogen and oxygen atoms in total. The van der Waals surface area contributed by atoms with Gasteiger partial charge in [-0.2, -0.15) is 5.26 Å². The Morgan fingerprint density at radius 3 is 2.94 bits per heavy atom. The Labute approximate surface area is 101 Å². The summed E-state index contributed by atoms with van der Waals surface area (Å²) in [4.78, 5) is 11.7. The Balaban J connectivity index is 2.52. The van der Waals surface area contributed by atoms with Gasteiger partial charge in [-0.1, -0.05) is 19.1 Å². The van der Waals surface area contributed by atoms with Crippen LogP contribution in [0.2, 0.25) is 0 Å². The number of amides is 1. The molecule has 1 amide bonds. The highest BCUT2D eigenvalue weighted by atomic mass is 16.1. The zero-order chi connectivity index (χ0) is 12.7. The molecule has 1 rings (SSSR count). The molecule has 0 heterocycles. The van der Waals surface area contributed by atoms with Gasteiger partial charge in [0.1, 0.15) is 0 Å². The topological polar surface area (TPSA) is 78.9 Å². The predicted octanol–water partition coefficient (Wildman–Crippen LogP) is 1.62. The van der Waals surface area contributed by atoms with E-state index in [1.54, 1.807) is 12.1 Å². The molecule has 1 aromatic rings. The fourth-order valence-corrected chi connectivity index (χ4v) is 1.57. The van der Waals surface area contributed by atoms with Gasteiger partial charge >= 0.3 is 0 Å². The average Bonchev–Trinajstić information content (AvgIpc) is 2.28. The van der Waals surface area contributed by atoms with E-state index < -0.39 is 0 Å². The summed E-state index contributed by atoms with van der Waals surface area (Å²) in [6, 6.07) is 9.25. The number of hydrogen-bond donors (Lipinski definition) is 2. The normalized spacial score (nSPS) is 11.5. The quantitative estimate of drug-likeness (QED) is 0.756. The second-order valence-corrected chi connectivity index (χ2v) is 3.96. The van der Waals surface area contributed by atoms with Crippen molar-refractivity contribution in [3.63, 3.8) is 0 Å². The van der Waals surface area contributed by atoms with Crippen LogP contribution in [0.5, 0.6) is 0 Å². The van der Waals surface area contributed by atoms with Gasteiger partial charge < -0.3 is 11.1 Å². The fraction of sp³-hybridized carbons (Fsp3) is 0.385. The van der Waals surface area contributed by atoms with Crippen LogP contribution in [0, 0.1) is 11.3 Å². The zero-order valence-corrected chi connectivity index (χ0v) is 9.94. The van der Waals surface area contributed by atoms with E-state index in [2.05, 4.69) is 11.4 Å². The third-order valence-corrected chi connectivity index (χ3v) is 2.51. The summed E-state index contributed by atoms with van der Waals surface area (Å²) in [6.45, 7) is 1.95. The Kier molecular flexibility index (Phi) is 5.02. The number of benzene rings is 1. The molecule has 3 N–H and O–H groups in total. The molecule has 0 bridgehead atoms. The first kappa shape index (κ1) is 13.0. The molecular formula is C13H17N3O. The van der Waals surface area contributed by atoms with Gasteiger partial charge in [0.15, 0.2) is 0 Å². The largest absolute Gasteiger partial charge is 0.399 e. The Hall–Kier alpha value is -2.02. The number of carbonyl (C=O) groups is 1. The van der Waals surface area contributed by atoms with E-state index in [0.29, 0.717) is 18.5 Å². The van der Waals surface area contributed by atoms with Crippen molar-refractivity contribution in [1.82, 2.24) is 5.32 Å². The summed E-state index contributed by atoms with van der Waals surface area (Å²) in [5.74, 6) is -0.0716. The molecule has 0 spiro atoms. The molecule has 0 saturated carbocycles. The molecule has 0 fully saturated rings. The highest BCUT2D eigenvalue weighted by Gasteiger charge is 2.10. The average molecular weight is 231 g/mol. The maximum Gasteiger partial charge on any atom is 0.224 e. The Morgan fingerprint density at radius 2 is 2.35 bits per heavy atom. The molecular weight excluding hydrogens is 214 g/mol. The number of nitrogen functional groups attached to an aromatic ring is 1. The van der Waals surface area contributed by atoms with Gasteiger partial charge in [0.25, 0.3) is 0 Å². The van der Waals surface area contributed by atoms with Crippen LogP contribution in [0.3, 0.4) is 0 Å². The molecule has 0 aliphatic heterocycles. The van der Waals surface area contributed by atoms with Gasteiger partial charge in [0.05, 0.1) is 18.9 Å². The third kappa shape index (κ3) is 4.56. The van der Waals surface area contributed by atoms with Crippen LogP contribution in [0.15, 0.2) is 24.3 Å². The van der Waals surface area contributed by atoms with Crippen LogP contribution in [-0.4, -0.2) is 11.9 Å². The molecule has 17 heavy (non-hydrogen) atoms. The number of nitrogens with one attached hydrogen (secondary N) is 1. The molecule has 0 aliphatic rings. The van der Waals surface area contributed by atoms with E-state index in [1.807, 2.05) is 19.1 Å². The number of nitrogens with zero attached hydrogens (tertiary/aromatic N) is 1. The number of rotatable bonds is 5. The molecule has 1 aromatic carbocycles. The van der Waals surface area contributed by atoms with Crippen LogP contribution in [0.25, 0.3) is 0 Å². The number of nitrogens with two attached hydrogens (primary N) is 1. The summed E-state index contributed by atoms with van der Waals surface area (Å²) in [5, 5.41) is 11.4. The lowest BCUT2D eigenvalue weighted by atomic mass is 10.1. The minimum absolute atomic E-state index is 0.0615. The summed E-state index contributed by atoms with van der Waals surface area (Å²) in [5.41, 5.74) is 7.17. The number of hydrogen-bond acceptors (Lipinski definition) is 3. The van der Waals surface area contributed by atoms with Crippen LogP contribution in [-0.2, 0) is 11.2 Å². The smallest absolute Gasteiger partial charge is 0.224 e. The van der Waals surface area contributed by atoms with E-state index in [-0.39, 0.29) is 11.9 Å². The van der Waals surface area contributed by atoms with Gasteiger partial charge in [-0.05, 0) is 24.1 Å². The summed E-state index contributed by atoms with van der Waals surface area (Å²) in [6.07, 6.45) is 1.41. The van der Waals surface area contributed by atoms with Crippen molar-refractivity contribution in [3.8, 4) is 6.07 Å². The molecule has 0 radical (unpaired) electrons. The molecule has 0 aromatic heterocycles. The van der Waals surface area contributed by atoms with Crippen LogP contribution in [0.4, 0.5) is 5.69 Å². The fourth-order valence-electron chi connectivity index (χ4n) is 1.57. The van der Waals surface area contributed by atoms with E-state index in [1.165, 1.54) is 0 Å². The minimum atomic E-state index is -0.0716.